The topological polar surface area (TPSA) is 144 Å². The Kier molecular flexibility index (Phi) is 11.3. The smallest absolute Gasteiger partial charge is 0.273 e. The Balaban J connectivity index is 0.000000934. The maximum atomic E-state index is 12.0. The molecule has 1 saturated heterocycles. The minimum Gasteiger partial charge on any atom is -0.381 e. The molecule has 6 N–H and O–H groups in total. The number of hydrogen-bond donors (Lipinski definition) is 4. The van der Waals surface area contributed by atoms with E-state index in [1.807, 2.05) is 18.2 Å². The highest BCUT2D eigenvalue weighted by atomic mass is 16.5. The lowest BCUT2D eigenvalue weighted by atomic mass is 9.91. The van der Waals surface area contributed by atoms with Gasteiger partial charge < -0.3 is 31.7 Å². The number of unbranched alkanes of at least 4 members (excludes halogenated alkanes) is 1. The number of carbonyl (C=O) groups is 1. The maximum Gasteiger partial charge on any atom is 0.273 e. The minimum absolute atomic E-state index is 0.0259. The zero-order valence-corrected chi connectivity index (χ0v) is 23.1. The Labute approximate surface area is 225 Å². The van der Waals surface area contributed by atoms with Gasteiger partial charge in [0.1, 0.15) is 0 Å². The first-order valence-electron chi connectivity index (χ1n) is 13.8. The Morgan fingerprint density at radius 2 is 1.87 bits per heavy atom. The molecule has 2 fully saturated rings. The summed E-state index contributed by atoms with van der Waals surface area (Å²) in [4.78, 5) is 18.7. The van der Waals surface area contributed by atoms with Crippen LogP contribution in [0.15, 0.2) is 18.2 Å². The van der Waals surface area contributed by atoms with Gasteiger partial charge in [-0.15, -0.1) is 10.2 Å². The number of nitrogens with zero attached hydrogens (tertiary/aromatic N) is 4. The van der Waals surface area contributed by atoms with Gasteiger partial charge in [-0.3, -0.25) is 4.79 Å². The van der Waals surface area contributed by atoms with Gasteiger partial charge in [-0.2, -0.15) is 4.98 Å². The third kappa shape index (κ3) is 8.39. The zero-order chi connectivity index (χ0) is 27.5. The lowest BCUT2D eigenvalue weighted by Gasteiger charge is -2.30. The summed E-state index contributed by atoms with van der Waals surface area (Å²) in [5, 5.41) is 16.4. The Bertz CT molecular complexity index is 1150. The van der Waals surface area contributed by atoms with Crippen LogP contribution in [0.25, 0.3) is 12.8 Å². The second-order valence-corrected chi connectivity index (χ2v) is 10.1. The fraction of sp³-hybridized carbons (Fsp3) is 0.571. The quantitative estimate of drug-likeness (QED) is 0.409. The number of nitrogens with two attached hydrogens (primary N) is 2. The Morgan fingerprint density at radius 1 is 1.16 bits per heavy atom. The molecule has 1 aliphatic heterocycles. The molecule has 10 heteroatoms. The van der Waals surface area contributed by atoms with Crippen LogP contribution in [0.2, 0.25) is 0 Å². The summed E-state index contributed by atoms with van der Waals surface area (Å²) in [5.41, 5.74) is 12.5. The van der Waals surface area contributed by atoms with E-state index in [9.17, 15) is 4.79 Å². The van der Waals surface area contributed by atoms with Gasteiger partial charge in [0.25, 0.3) is 5.91 Å². The van der Waals surface area contributed by atoms with E-state index in [1.54, 1.807) is 0 Å². The first-order chi connectivity index (χ1) is 18.3. The number of carbonyl (C=O) groups excluding carboxylic acids is 1. The predicted molar refractivity (Wildman–Crippen MR) is 153 cm³/mol. The van der Waals surface area contributed by atoms with Gasteiger partial charge in [0.15, 0.2) is 11.5 Å². The zero-order valence-electron chi connectivity index (χ0n) is 23.1. The maximum absolute atomic E-state index is 12.0. The van der Waals surface area contributed by atoms with Crippen molar-refractivity contribution >= 4 is 36.1 Å². The highest BCUT2D eigenvalue weighted by molar-refractivity contribution is 5.96. The fourth-order valence-electron chi connectivity index (χ4n) is 4.49. The highest BCUT2D eigenvalue weighted by Gasteiger charge is 2.23. The third-order valence-corrected chi connectivity index (χ3v) is 7.07. The molecule has 1 aliphatic carbocycles. The van der Waals surface area contributed by atoms with Gasteiger partial charge >= 0.3 is 0 Å². The first kappa shape index (κ1) is 29.3. The van der Waals surface area contributed by atoms with E-state index < -0.39 is 5.91 Å². The molecule has 1 aromatic carbocycles. The number of nitrogens with one attached hydrogen (secondary N) is 2. The van der Waals surface area contributed by atoms with Crippen LogP contribution in [-0.4, -0.2) is 64.4 Å². The number of primary amides is 1. The van der Waals surface area contributed by atoms with Gasteiger partial charge in [0.2, 0.25) is 5.95 Å². The molecular weight excluding hydrogens is 480 g/mol. The van der Waals surface area contributed by atoms with E-state index in [0.29, 0.717) is 12.0 Å². The monoisotopic (exact) mass is 524 g/mol. The number of rotatable bonds is 8. The normalized spacial score (nSPS) is 20.3. The predicted octanol–water partition coefficient (Wildman–Crippen LogP) is 2.46. The molecule has 1 aromatic heterocycles. The molecule has 208 valence electrons. The van der Waals surface area contributed by atoms with Gasteiger partial charge in [0, 0.05) is 50.3 Å². The standard InChI is InChI=1S/C24H34N8O2.C4H10/c1-15-7-8-17(13-16(15)14-32(2)18-9-11-34-12-10-18)27-23-21(22(26)33)30-31-24(29-23)28-20-6-4-3-5-19(20)25;1-3-4-2/h7-8,13-14,18-20H,1,3-6,9-12,25H2,2H3,(H2,26,33)(H2,27,28,29,31);3-4H2,1-2H3/b16-14-;/t19-,20+;/m0./s1. The van der Waals surface area contributed by atoms with Crippen molar-refractivity contribution in [2.75, 3.05) is 30.9 Å². The molecule has 4 rings (SSSR count). The minimum atomic E-state index is -0.705. The average Bonchev–Trinajstić information content (AvgIpc) is 2.92. The molecule has 1 saturated carbocycles. The van der Waals surface area contributed by atoms with Crippen LogP contribution in [0.4, 0.5) is 17.5 Å². The number of anilines is 3. The summed E-state index contributed by atoms with van der Waals surface area (Å²) < 4.78 is 5.47. The van der Waals surface area contributed by atoms with Crippen molar-refractivity contribution in [3.63, 3.8) is 0 Å². The SMILES string of the molecule is C=c1ccc(Nc2nc(N[C@@H]3CCCC[C@@H]3N)nnc2C(N)=O)c/c1=C/N(C)C1CCOCC1.CCCC. The molecular formula is C28H44N8O2. The van der Waals surface area contributed by atoms with E-state index in [0.717, 1.165) is 67.9 Å². The first-order valence-corrected chi connectivity index (χ1v) is 13.8. The Morgan fingerprint density at radius 3 is 2.53 bits per heavy atom. The number of benzene rings is 1. The van der Waals surface area contributed by atoms with Crippen LogP contribution in [0.5, 0.6) is 0 Å². The molecule has 0 spiro atoms. The van der Waals surface area contributed by atoms with Crippen molar-refractivity contribution < 1.29 is 9.53 Å². The number of aromatic nitrogens is 3. The van der Waals surface area contributed by atoms with E-state index in [2.05, 4.69) is 64.4 Å². The van der Waals surface area contributed by atoms with E-state index >= 15 is 0 Å². The molecule has 38 heavy (non-hydrogen) atoms. The van der Waals surface area contributed by atoms with Gasteiger partial charge in [-0.25, -0.2) is 0 Å². The molecule has 2 aromatic rings. The van der Waals surface area contributed by atoms with Crippen molar-refractivity contribution in [3.05, 3.63) is 34.3 Å². The van der Waals surface area contributed by atoms with Crippen molar-refractivity contribution in [2.24, 2.45) is 11.5 Å². The van der Waals surface area contributed by atoms with Crippen LogP contribution in [0.1, 0.15) is 75.7 Å². The second-order valence-electron chi connectivity index (χ2n) is 10.1. The number of ether oxygens (including phenoxy) is 1. The van der Waals surface area contributed by atoms with Crippen LogP contribution in [-0.2, 0) is 4.74 Å². The lowest BCUT2D eigenvalue weighted by Crippen LogP contribution is -2.43. The lowest BCUT2D eigenvalue weighted by molar-refractivity contribution is 0.0595. The third-order valence-electron chi connectivity index (χ3n) is 7.07. The summed E-state index contributed by atoms with van der Waals surface area (Å²) in [6, 6.07) is 6.29. The van der Waals surface area contributed by atoms with Crippen LogP contribution in [0.3, 0.4) is 0 Å². The van der Waals surface area contributed by atoms with Crippen molar-refractivity contribution in [3.8, 4) is 0 Å². The highest BCUT2D eigenvalue weighted by Crippen LogP contribution is 2.21. The van der Waals surface area contributed by atoms with Gasteiger partial charge in [0.05, 0.1) is 0 Å². The number of amides is 1. The molecule has 2 atom stereocenters. The molecule has 2 aliphatic rings. The molecule has 0 radical (unpaired) electrons. The summed E-state index contributed by atoms with van der Waals surface area (Å²) in [6.45, 7) is 10.1. The largest absolute Gasteiger partial charge is 0.381 e. The Hall–Kier alpha value is -3.24. The second kappa shape index (κ2) is 14.6. The molecule has 0 unspecified atom stereocenters. The average molecular weight is 525 g/mol. The summed E-state index contributed by atoms with van der Waals surface area (Å²) in [5.74, 6) is -0.146. The molecule has 0 bridgehead atoms. The van der Waals surface area contributed by atoms with Crippen LogP contribution < -0.4 is 32.5 Å². The van der Waals surface area contributed by atoms with E-state index in [4.69, 9.17) is 16.2 Å². The van der Waals surface area contributed by atoms with E-state index in [1.165, 1.54) is 12.8 Å². The fourth-order valence-corrected chi connectivity index (χ4v) is 4.49. The van der Waals surface area contributed by atoms with Crippen molar-refractivity contribution in [2.45, 2.75) is 83.3 Å². The van der Waals surface area contributed by atoms with Gasteiger partial charge in [-0.1, -0.05) is 52.2 Å². The number of hydrogen-bond acceptors (Lipinski definition) is 9. The van der Waals surface area contributed by atoms with Crippen LogP contribution >= 0.6 is 0 Å². The summed E-state index contributed by atoms with van der Waals surface area (Å²) in [6.07, 6.45) is 10.8. The summed E-state index contributed by atoms with van der Waals surface area (Å²) in [7, 11) is 2.07. The van der Waals surface area contributed by atoms with Crippen molar-refractivity contribution in [1.29, 1.82) is 0 Å². The summed E-state index contributed by atoms with van der Waals surface area (Å²) >= 11 is 0. The van der Waals surface area contributed by atoms with Gasteiger partial charge in [-0.05, 0) is 48.3 Å². The molecule has 10 nitrogen and oxygen atoms in total. The molecule has 1 amide bonds. The van der Waals surface area contributed by atoms with E-state index in [-0.39, 0.29) is 23.6 Å². The molecule has 2 heterocycles. The van der Waals surface area contributed by atoms with Crippen molar-refractivity contribution in [1.82, 2.24) is 20.1 Å². The van der Waals surface area contributed by atoms with Crippen LogP contribution in [0, 0.1) is 0 Å².